The number of morpholine rings is 1. The summed E-state index contributed by atoms with van der Waals surface area (Å²) in [6.45, 7) is 2.55. The van der Waals surface area contributed by atoms with E-state index in [0.717, 1.165) is 6.42 Å². The van der Waals surface area contributed by atoms with Crippen LogP contribution in [0.5, 0.6) is 0 Å². The highest BCUT2D eigenvalue weighted by Gasteiger charge is 2.30. The van der Waals surface area contributed by atoms with Gasteiger partial charge >= 0.3 is 5.97 Å². The number of carboxylic acid groups (broad SMARTS) is 1. The van der Waals surface area contributed by atoms with E-state index in [1.165, 1.54) is 0 Å². The summed E-state index contributed by atoms with van der Waals surface area (Å²) in [6, 6.07) is -0.604. The summed E-state index contributed by atoms with van der Waals surface area (Å²) in [6.07, 6.45) is 1.88. The lowest BCUT2D eigenvalue weighted by Crippen LogP contribution is -2.52. The normalized spacial score (nSPS) is 26.3. The number of carbonyl (C=O) groups is 1. The van der Waals surface area contributed by atoms with Crippen LogP contribution in [0.15, 0.2) is 0 Å². The van der Waals surface area contributed by atoms with Crippen molar-refractivity contribution in [3.8, 4) is 0 Å². The van der Waals surface area contributed by atoms with E-state index in [0.29, 0.717) is 25.9 Å². The van der Waals surface area contributed by atoms with Gasteiger partial charge in [-0.1, -0.05) is 13.2 Å². The van der Waals surface area contributed by atoms with Crippen LogP contribution in [-0.2, 0) is 9.53 Å². The minimum Gasteiger partial charge on any atom is -0.480 e. The summed E-state index contributed by atoms with van der Waals surface area (Å²) >= 11 is 0. The Hall–Kier alpha value is -0.585. The average Bonchev–Trinajstić information content (AvgIpc) is 2.17. The fourth-order valence-corrected chi connectivity index (χ4v) is 1.76. The van der Waals surface area contributed by atoms with E-state index in [2.05, 4.69) is 5.32 Å². The quantitative estimate of drug-likeness (QED) is 0.554. The number of carboxylic acids is 1. The highest BCUT2D eigenvalue weighted by Crippen LogP contribution is 2.13. The van der Waals surface area contributed by atoms with Crippen molar-refractivity contribution in [1.82, 2.24) is 5.32 Å². The van der Waals surface area contributed by atoms with Gasteiger partial charge in [-0.25, -0.2) is 0 Å². The van der Waals surface area contributed by atoms with Crippen molar-refractivity contribution in [3.63, 3.8) is 0 Å². The van der Waals surface area contributed by atoms with E-state index in [9.17, 15) is 4.79 Å². The minimum absolute atomic E-state index is 0.269. The molecule has 0 saturated carbocycles. The zero-order valence-electron chi connectivity index (χ0n) is 8.98. The molecule has 1 aliphatic heterocycles. The Bertz CT molecular complexity index is 212. The highest BCUT2D eigenvalue weighted by atomic mass is 16.5. The van der Waals surface area contributed by atoms with Crippen molar-refractivity contribution in [1.29, 1.82) is 0 Å². The molecule has 1 saturated heterocycles. The Balaban J connectivity index is 2.33. The van der Waals surface area contributed by atoms with E-state index in [1.54, 1.807) is 6.82 Å². The number of ether oxygens (including phenoxy) is 1. The monoisotopic (exact) mass is 215 g/mol. The second kappa shape index (κ2) is 6.10. The third-order valence-corrected chi connectivity index (χ3v) is 2.55. The minimum atomic E-state index is -0.864. The molecule has 86 valence electrons. The summed E-state index contributed by atoms with van der Waals surface area (Å²) < 4.78 is 5.41. The smallest absolute Gasteiger partial charge is 0.323 e. The van der Waals surface area contributed by atoms with Gasteiger partial charge in [0.1, 0.15) is 6.04 Å². The average molecular weight is 215 g/mol. The zero-order valence-corrected chi connectivity index (χ0v) is 8.98. The maximum Gasteiger partial charge on any atom is 0.323 e. The lowest BCUT2D eigenvalue weighted by atomic mass is 9.67. The van der Waals surface area contributed by atoms with E-state index in [1.807, 2.05) is 0 Å². The van der Waals surface area contributed by atoms with Gasteiger partial charge in [-0.15, -0.1) is 0 Å². The van der Waals surface area contributed by atoms with Crippen LogP contribution >= 0.6 is 0 Å². The first-order valence-electron chi connectivity index (χ1n) is 5.37. The standard InChI is InChI=1S/C9H18BNO4/c1-10(14)4-2-3-7-8(9(12)13)11-5-6-15-7/h7-8,11,14H,2-6H2,1H3,(H,12,13). The van der Waals surface area contributed by atoms with Gasteiger partial charge in [0.25, 0.3) is 6.92 Å². The number of hydrogen-bond donors (Lipinski definition) is 3. The molecule has 2 atom stereocenters. The largest absolute Gasteiger partial charge is 0.480 e. The zero-order chi connectivity index (χ0) is 11.3. The summed E-state index contributed by atoms with van der Waals surface area (Å²) in [7, 11) is 0. The molecule has 1 heterocycles. The second-order valence-electron chi connectivity index (χ2n) is 3.96. The molecule has 6 heteroatoms. The fourth-order valence-electron chi connectivity index (χ4n) is 1.76. The molecule has 1 aliphatic rings. The maximum atomic E-state index is 10.9. The Labute approximate surface area is 89.9 Å². The topological polar surface area (TPSA) is 78.8 Å². The van der Waals surface area contributed by atoms with Crippen LogP contribution in [0.3, 0.4) is 0 Å². The molecule has 5 nitrogen and oxygen atoms in total. The molecule has 0 aromatic heterocycles. The van der Waals surface area contributed by atoms with E-state index >= 15 is 0 Å². The third kappa shape index (κ3) is 4.19. The van der Waals surface area contributed by atoms with Crippen LogP contribution in [0.2, 0.25) is 13.1 Å². The molecular weight excluding hydrogens is 197 g/mol. The van der Waals surface area contributed by atoms with Crippen molar-refractivity contribution in [2.24, 2.45) is 0 Å². The molecule has 0 aromatic rings. The molecule has 0 bridgehead atoms. The van der Waals surface area contributed by atoms with E-state index < -0.39 is 12.0 Å². The van der Waals surface area contributed by atoms with E-state index in [-0.39, 0.29) is 13.0 Å². The predicted molar refractivity (Wildman–Crippen MR) is 57.0 cm³/mol. The van der Waals surface area contributed by atoms with Gasteiger partial charge in [0, 0.05) is 6.54 Å². The van der Waals surface area contributed by atoms with Crippen LogP contribution in [0.25, 0.3) is 0 Å². The SMILES string of the molecule is CB(O)CCCC1OCCNC1C(=O)O. The molecule has 0 radical (unpaired) electrons. The van der Waals surface area contributed by atoms with Crippen LogP contribution in [0.1, 0.15) is 12.8 Å². The van der Waals surface area contributed by atoms with Crippen LogP contribution in [0.4, 0.5) is 0 Å². The van der Waals surface area contributed by atoms with Gasteiger partial charge in [-0.05, 0) is 12.7 Å². The summed E-state index contributed by atoms with van der Waals surface area (Å²) in [5, 5.41) is 20.9. The van der Waals surface area contributed by atoms with Crippen molar-refractivity contribution < 1.29 is 19.7 Å². The Kier molecular flexibility index (Phi) is 5.07. The Morgan fingerprint density at radius 2 is 2.40 bits per heavy atom. The molecule has 15 heavy (non-hydrogen) atoms. The second-order valence-corrected chi connectivity index (χ2v) is 3.96. The summed E-state index contributed by atoms with van der Waals surface area (Å²) in [5.74, 6) is -0.864. The molecule has 3 N–H and O–H groups in total. The Morgan fingerprint density at radius 3 is 3.00 bits per heavy atom. The molecular formula is C9H18BNO4. The molecule has 1 fully saturated rings. The van der Waals surface area contributed by atoms with Crippen LogP contribution < -0.4 is 5.32 Å². The fraction of sp³-hybridized carbons (Fsp3) is 0.889. The molecule has 0 spiro atoms. The maximum absolute atomic E-state index is 10.9. The first-order valence-corrected chi connectivity index (χ1v) is 5.37. The lowest BCUT2D eigenvalue weighted by Gasteiger charge is -2.30. The van der Waals surface area contributed by atoms with Crippen molar-refractivity contribution in [2.45, 2.75) is 38.1 Å². The van der Waals surface area contributed by atoms with Gasteiger partial charge < -0.3 is 14.9 Å². The summed E-state index contributed by atoms with van der Waals surface area (Å²) in [4.78, 5) is 10.9. The molecule has 0 amide bonds. The van der Waals surface area contributed by atoms with Crippen LogP contribution in [-0.4, -0.2) is 48.3 Å². The number of aliphatic carboxylic acids is 1. The van der Waals surface area contributed by atoms with Gasteiger partial charge in [-0.3, -0.25) is 10.1 Å². The first kappa shape index (κ1) is 12.5. The van der Waals surface area contributed by atoms with Gasteiger partial charge in [0.15, 0.2) is 0 Å². The van der Waals surface area contributed by atoms with Gasteiger partial charge in [0.05, 0.1) is 12.7 Å². The summed E-state index contributed by atoms with van der Waals surface area (Å²) in [5.41, 5.74) is 0. The van der Waals surface area contributed by atoms with Crippen molar-refractivity contribution in [2.75, 3.05) is 13.2 Å². The van der Waals surface area contributed by atoms with Gasteiger partial charge in [0.2, 0.25) is 0 Å². The lowest BCUT2D eigenvalue weighted by molar-refractivity contribution is -0.146. The van der Waals surface area contributed by atoms with E-state index in [4.69, 9.17) is 14.9 Å². The number of rotatable bonds is 5. The highest BCUT2D eigenvalue weighted by molar-refractivity contribution is 6.48. The van der Waals surface area contributed by atoms with Crippen LogP contribution in [0, 0.1) is 0 Å². The molecule has 1 rings (SSSR count). The molecule has 0 aliphatic carbocycles. The van der Waals surface area contributed by atoms with Crippen molar-refractivity contribution >= 4 is 12.9 Å². The number of hydrogen-bond acceptors (Lipinski definition) is 4. The molecule has 2 unspecified atom stereocenters. The first-order chi connectivity index (χ1) is 7.11. The molecule has 0 aromatic carbocycles. The third-order valence-electron chi connectivity index (χ3n) is 2.55. The number of nitrogens with one attached hydrogen (secondary N) is 1. The predicted octanol–water partition coefficient (Wildman–Crippen LogP) is -0.178. The van der Waals surface area contributed by atoms with Gasteiger partial charge in [-0.2, -0.15) is 0 Å². The Morgan fingerprint density at radius 1 is 1.67 bits per heavy atom. The van der Waals surface area contributed by atoms with Crippen molar-refractivity contribution in [3.05, 3.63) is 0 Å².